The monoisotopic (exact) mass is 239 g/mol. The number of hydrogen-bond donors (Lipinski definition) is 0. The van der Waals surface area contributed by atoms with Gasteiger partial charge in [0, 0.05) is 4.90 Å². The predicted octanol–water partition coefficient (Wildman–Crippen LogP) is 3.71. The van der Waals surface area contributed by atoms with Crippen LogP contribution >= 0.6 is 35.7 Å². The molecule has 1 nitrogen and oxygen atoms in total. The molecule has 0 amide bonds. The van der Waals surface area contributed by atoms with Gasteiger partial charge in [-0.25, -0.2) is 0 Å². The van der Waals surface area contributed by atoms with Gasteiger partial charge in [0.25, 0.3) is 0 Å². The zero-order chi connectivity index (χ0) is 10.4. The van der Waals surface area contributed by atoms with Crippen LogP contribution in [0.3, 0.4) is 0 Å². The number of thioether (sulfide) groups is 2. The van der Waals surface area contributed by atoms with Gasteiger partial charge in [0.05, 0.1) is 11.3 Å². The normalized spacial score (nSPS) is 11.7. The van der Waals surface area contributed by atoms with Crippen molar-refractivity contribution >= 4 is 39.3 Å². The molecule has 0 aromatic heterocycles. The summed E-state index contributed by atoms with van der Waals surface area (Å²) in [5.41, 5.74) is 0. The molecule has 0 aliphatic heterocycles. The van der Waals surface area contributed by atoms with Crippen molar-refractivity contribution in [1.29, 1.82) is 5.26 Å². The highest BCUT2D eigenvalue weighted by molar-refractivity contribution is 8.47. The average molecular weight is 239 g/mol. The lowest BCUT2D eigenvalue weighted by molar-refractivity contribution is 1.25. The average Bonchev–Trinajstić information content (AvgIpc) is 2.19. The van der Waals surface area contributed by atoms with Crippen LogP contribution in [0, 0.1) is 11.3 Å². The number of nitriles is 1. The van der Waals surface area contributed by atoms with E-state index in [1.165, 1.54) is 23.5 Å². The summed E-state index contributed by atoms with van der Waals surface area (Å²) in [5, 5.41) is 8.54. The predicted molar refractivity (Wildman–Crippen MR) is 67.6 cm³/mol. The molecule has 1 atom stereocenters. The van der Waals surface area contributed by atoms with E-state index in [1.54, 1.807) is 0 Å². The van der Waals surface area contributed by atoms with E-state index in [0.717, 1.165) is 8.42 Å². The van der Waals surface area contributed by atoms with Gasteiger partial charge in [-0.2, -0.15) is 5.26 Å². The maximum atomic E-state index is 8.61. The zero-order valence-electron chi connectivity index (χ0n) is 7.64. The molecular formula is C10H9NS3. The van der Waals surface area contributed by atoms with E-state index < -0.39 is 0 Å². The summed E-state index contributed by atoms with van der Waals surface area (Å²) >= 11 is 8.11. The molecule has 1 rings (SSSR count). The Morgan fingerprint density at radius 2 is 2.07 bits per heavy atom. The number of hydrogen-bond acceptors (Lipinski definition) is 4. The molecule has 14 heavy (non-hydrogen) atoms. The molecule has 0 fully saturated rings. The van der Waals surface area contributed by atoms with Crippen LogP contribution in [0.4, 0.5) is 0 Å². The number of nitrogens with zero attached hydrogens (tertiary/aromatic N) is 1. The van der Waals surface area contributed by atoms with Crippen molar-refractivity contribution in [2.45, 2.75) is 17.1 Å². The summed E-state index contributed by atoms with van der Waals surface area (Å²) in [4.78, 5) is 1.12. The molecule has 0 N–H and O–H groups in total. The molecule has 72 valence electrons. The van der Waals surface area contributed by atoms with E-state index in [4.69, 9.17) is 17.5 Å². The zero-order valence-corrected chi connectivity index (χ0v) is 10.1. The molecular weight excluding hydrogens is 230 g/mol. The molecule has 0 heterocycles. The van der Waals surface area contributed by atoms with Gasteiger partial charge in [0.1, 0.15) is 3.53 Å². The van der Waals surface area contributed by atoms with Crippen molar-refractivity contribution < 1.29 is 0 Å². The lowest BCUT2D eigenvalue weighted by Crippen LogP contribution is -1.93. The summed E-state index contributed by atoms with van der Waals surface area (Å²) < 4.78 is 0.797. The second-order valence-electron chi connectivity index (χ2n) is 2.55. The van der Waals surface area contributed by atoms with Crippen LogP contribution in [0.1, 0.15) is 6.92 Å². The number of benzene rings is 1. The van der Waals surface area contributed by atoms with Crippen LogP contribution in [-0.2, 0) is 0 Å². The second kappa shape index (κ2) is 6.07. The van der Waals surface area contributed by atoms with Gasteiger partial charge in [-0.1, -0.05) is 53.9 Å². The topological polar surface area (TPSA) is 23.8 Å². The number of rotatable bonds is 2. The van der Waals surface area contributed by atoms with Crippen molar-refractivity contribution in [1.82, 2.24) is 0 Å². The fourth-order valence-electron chi connectivity index (χ4n) is 0.780. The highest BCUT2D eigenvalue weighted by atomic mass is 32.2. The quantitative estimate of drug-likeness (QED) is 0.580. The molecule has 0 bridgehead atoms. The first kappa shape index (κ1) is 11.6. The first-order valence-corrected chi connectivity index (χ1v) is 6.16. The van der Waals surface area contributed by atoms with Crippen LogP contribution < -0.4 is 0 Å². The Hall–Kier alpha value is -0.500. The first-order valence-electron chi connectivity index (χ1n) is 4.05. The molecule has 1 unspecified atom stereocenters. The maximum Gasteiger partial charge on any atom is 0.110 e. The van der Waals surface area contributed by atoms with E-state index in [0.29, 0.717) is 0 Å². The Morgan fingerprint density at radius 1 is 1.43 bits per heavy atom. The van der Waals surface area contributed by atoms with Crippen molar-refractivity contribution in [2.75, 3.05) is 0 Å². The fourth-order valence-corrected chi connectivity index (χ4v) is 3.24. The molecule has 4 heteroatoms. The Bertz CT molecular complexity index is 342. The summed E-state index contributed by atoms with van der Waals surface area (Å²) in [5.74, 6) is 0. The highest BCUT2D eigenvalue weighted by Crippen LogP contribution is 2.27. The maximum absolute atomic E-state index is 8.61. The summed E-state index contributed by atoms with van der Waals surface area (Å²) in [7, 11) is 0. The van der Waals surface area contributed by atoms with E-state index >= 15 is 0 Å². The lowest BCUT2D eigenvalue weighted by atomic mass is 10.4. The summed E-state index contributed by atoms with van der Waals surface area (Å²) in [6.07, 6.45) is 0. The van der Waals surface area contributed by atoms with Crippen molar-refractivity contribution in [3.63, 3.8) is 0 Å². The van der Waals surface area contributed by atoms with E-state index in [-0.39, 0.29) is 5.25 Å². The van der Waals surface area contributed by atoms with Gasteiger partial charge in [0.15, 0.2) is 0 Å². The Kier molecular flexibility index (Phi) is 5.02. The van der Waals surface area contributed by atoms with Gasteiger partial charge in [-0.05, 0) is 19.1 Å². The van der Waals surface area contributed by atoms with Gasteiger partial charge in [0.2, 0.25) is 0 Å². The molecule has 0 aliphatic carbocycles. The van der Waals surface area contributed by atoms with E-state index in [2.05, 4.69) is 6.07 Å². The fraction of sp³-hybridized carbons (Fsp3) is 0.200. The summed E-state index contributed by atoms with van der Waals surface area (Å²) in [6, 6.07) is 12.1. The van der Waals surface area contributed by atoms with Gasteiger partial charge in [-0.3, -0.25) is 0 Å². The lowest BCUT2D eigenvalue weighted by Gasteiger charge is -2.03. The largest absolute Gasteiger partial charge is 0.197 e. The van der Waals surface area contributed by atoms with Crippen LogP contribution in [0.5, 0.6) is 0 Å². The number of thiocarbonyl (C=S) groups is 1. The van der Waals surface area contributed by atoms with Crippen molar-refractivity contribution in [3.05, 3.63) is 30.3 Å². The smallest absolute Gasteiger partial charge is 0.110 e. The van der Waals surface area contributed by atoms with Crippen molar-refractivity contribution in [2.24, 2.45) is 0 Å². The Morgan fingerprint density at radius 3 is 2.64 bits per heavy atom. The molecule has 0 radical (unpaired) electrons. The molecule has 0 saturated heterocycles. The minimum Gasteiger partial charge on any atom is -0.197 e. The molecule has 1 aromatic carbocycles. The van der Waals surface area contributed by atoms with Gasteiger partial charge < -0.3 is 0 Å². The Balaban J connectivity index is 2.47. The standard InChI is InChI=1S/C10H9NS3/c1-8(7-11)13-10(12)14-9-5-3-2-4-6-9/h2-6,8H,1H3. The third-order valence-corrected chi connectivity index (χ3v) is 3.80. The molecule has 1 aromatic rings. The third-order valence-electron chi connectivity index (χ3n) is 1.40. The summed E-state index contributed by atoms with van der Waals surface area (Å²) in [6.45, 7) is 1.85. The third kappa shape index (κ3) is 4.14. The first-order chi connectivity index (χ1) is 6.72. The van der Waals surface area contributed by atoms with Crippen LogP contribution in [0.25, 0.3) is 0 Å². The second-order valence-corrected chi connectivity index (χ2v) is 6.17. The Labute approximate surface area is 97.9 Å². The van der Waals surface area contributed by atoms with Crippen LogP contribution in [0.15, 0.2) is 35.2 Å². The minimum atomic E-state index is -0.0706. The van der Waals surface area contributed by atoms with Crippen molar-refractivity contribution in [3.8, 4) is 6.07 Å². The molecule has 0 aliphatic rings. The van der Waals surface area contributed by atoms with E-state index in [9.17, 15) is 0 Å². The molecule has 0 saturated carbocycles. The SMILES string of the molecule is CC(C#N)SC(=S)Sc1ccccc1. The highest BCUT2D eigenvalue weighted by Gasteiger charge is 2.06. The van der Waals surface area contributed by atoms with E-state index in [1.807, 2.05) is 37.3 Å². The molecule has 0 spiro atoms. The van der Waals surface area contributed by atoms with Gasteiger partial charge in [-0.15, -0.1) is 0 Å². The van der Waals surface area contributed by atoms with Crippen LogP contribution in [-0.4, -0.2) is 8.78 Å². The van der Waals surface area contributed by atoms with Crippen LogP contribution in [0.2, 0.25) is 0 Å². The minimum absolute atomic E-state index is 0.0706. The van der Waals surface area contributed by atoms with Gasteiger partial charge >= 0.3 is 0 Å².